The van der Waals surface area contributed by atoms with Gasteiger partial charge in [-0.05, 0) is 25.0 Å². The van der Waals surface area contributed by atoms with Gasteiger partial charge in [0.2, 0.25) is 11.7 Å². The van der Waals surface area contributed by atoms with Gasteiger partial charge in [0.1, 0.15) is 0 Å². The second-order valence-corrected chi connectivity index (χ2v) is 4.21. The van der Waals surface area contributed by atoms with Gasteiger partial charge < -0.3 is 9.52 Å². The Kier molecular flexibility index (Phi) is 3.51. The van der Waals surface area contributed by atoms with Gasteiger partial charge in [0.05, 0.1) is 10.6 Å². The normalized spacial score (nSPS) is 10.5. The number of oxazole rings is 1. The Morgan fingerprint density at radius 2 is 2.20 bits per heavy atom. The van der Waals surface area contributed by atoms with Crippen molar-refractivity contribution >= 4 is 11.7 Å². The summed E-state index contributed by atoms with van der Waals surface area (Å²) in [4.78, 5) is 25.4. The molecular formula is C13H12N2O5. The number of non-ortho nitro benzene ring substituents is 1. The molecule has 104 valence electrons. The Morgan fingerprint density at radius 3 is 2.65 bits per heavy atom. The molecule has 7 heteroatoms. The average molecular weight is 276 g/mol. The van der Waals surface area contributed by atoms with E-state index in [2.05, 4.69) is 4.98 Å². The second kappa shape index (κ2) is 5.12. The van der Waals surface area contributed by atoms with Crippen LogP contribution in [0.3, 0.4) is 0 Å². The molecule has 0 amide bonds. The van der Waals surface area contributed by atoms with Gasteiger partial charge in [-0.15, -0.1) is 0 Å². The molecule has 0 saturated carbocycles. The van der Waals surface area contributed by atoms with Gasteiger partial charge in [-0.25, -0.2) is 9.78 Å². The number of carbonyl (C=O) groups is 1. The summed E-state index contributed by atoms with van der Waals surface area (Å²) in [5, 5.41) is 19.7. The minimum absolute atomic E-state index is 0.0352. The second-order valence-electron chi connectivity index (χ2n) is 4.21. The molecule has 0 bridgehead atoms. The number of aryl methyl sites for hydroxylation is 2. The van der Waals surface area contributed by atoms with Crippen molar-refractivity contribution in [2.24, 2.45) is 0 Å². The number of rotatable bonds is 4. The van der Waals surface area contributed by atoms with Gasteiger partial charge in [0.15, 0.2) is 0 Å². The lowest BCUT2D eigenvalue weighted by Gasteiger charge is -2.00. The number of carboxylic acids is 1. The topological polar surface area (TPSA) is 106 Å². The first kappa shape index (κ1) is 13.7. The first-order valence-electron chi connectivity index (χ1n) is 5.92. The van der Waals surface area contributed by atoms with E-state index in [0.717, 1.165) is 0 Å². The molecule has 7 nitrogen and oxygen atoms in total. The molecule has 0 spiro atoms. The predicted molar refractivity (Wildman–Crippen MR) is 69.7 cm³/mol. The van der Waals surface area contributed by atoms with Crippen molar-refractivity contribution in [2.75, 3.05) is 0 Å². The molecule has 1 heterocycles. The SMILES string of the molecule is CCc1nc(-c2ccc([N+](=O)[O-])cc2C)oc1C(=O)O. The van der Waals surface area contributed by atoms with Crippen molar-refractivity contribution in [1.82, 2.24) is 4.98 Å². The smallest absolute Gasteiger partial charge is 0.373 e. The molecule has 2 aromatic rings. The largest absolute Gasteiger partial charge is 0.475 e. The number of benzene rings is 1. The summed E-state index contributed by atoms with van der Waals surface area (Å²) in [7, 11) is 0. The first-order chi connectivity index (χ1) is 9.43. The van der Waals surface area contributed by atoms with Crippen LogP contribution in [0.5, 0.6) is 0 Å². The van der Waals surface area contributed by atoms with Crippen LogP contribution < -0.4 is 0 Å². The molecule has 0 aliphatic heterocycles. The van der Waals surface area contributed by atoms with Crippen molar-refractivity contribution in [2.45, 2.75) is 20.3 Å². The summed E-state index contributed by atoms with van der Waals surface area (Å²) >= 11 is 0. The van der Waals surface area contributed by atoms with Gasteiger partial charge in [0, 0.05) is 17.7 Å². The molecule has 0 radical (unpaired) electrons. The molecule has 2 rings (SSSR count). The molecule has 1 aromatic heterocycles. The minimum Gasteiger partial charge on any atom is -0.475 e. The fourth-order valence-corrected chi connectivity index (χ4v) is 1.88. The summed E-state index contributed by atoms with van der Waals surface area (Å²) in [5.41, 5.74) is 1.45. The third-order valence-corrected chi connectivity index (χ3v) is 2.88. The van der Waals surface area contributed by atoms with E-state index in [9.17, 15) is 14.9 Å². The highest BCUT2D eigenvalue weighted by Gasteiger charge is 2.20. The van der Waals surface area contributed by atoms with Gasteiger partial charge in [-0.1, -0.05) is 6.92 Å². The van der Waals surface area contributed by atoms with E-state index in [1.807, 2.05) is 0 Å². The zero-order valence-corrected chi connectivity index (χ0v) is 10.9. The van der Waals surface area contributed by atoms with Crippen molar-refractivity contribution < 1.29 is 19.2 Å². The van der Waals surface area contributed by atoms with Crippen LogP contribution in [0.25, 0.3) is 11.5 Å². The van der Waals surface area contributed by atoms with Crippen molar-refractivity contribution in [3.05, 3.63) is 45.3 Å². The molecule has 1 N–H and O–H groups in total. The lowest BCUT2D eigenvalue weighted by atomic mass is 10.1. The molecule has 0 atom stereocenters. The van der Waals surface area contributed by atoms with Crippen LogP contribution in [0.1, 0.15) is 28.7 Å². The third kappa shape index (κ3) is 2.37. The monoisotopic (exact) mass is 276 g/mol. The number of nitro benzene ring substituents is 1. The Balaban J connectivity index is 2.52. The van der Waals surface area contributed by atoms with Crippen LogP contribution >= 0.6 is 0 Å². The van der Waals surface area contributed by atoms with Crippen LogP contribution in [0.4, 0.5) is 5.69 Å². The molecule has 0 fully saturated rings. The first-order valence-corrected chi connectivity index (χ1v) is 5.92. The molecule has 20 heavy (non-hydrogen) atoms. The molecule has 0 unspecified atom stereocenters. The minimum atomic E-state index is -1.18. The quantitative estimate of drug-likeness (QED) is 0.679. The zero-order valence-electron chi connectivity index (χ0n) is 10.9. The summed E-state index contributed by atoms with van der Waals surface area (Å²) in [6.07, 6.45) is 0.428. The summed E-state index contributed by atoms with van der Waals surface area (Å²) < 4.78 is 5.25. The summed E-state index contributed by atoms with van der Waals surface area (Å²) in [6, 6.07) is 4.23. The number of aromatic carboxylic acids is 1. The van der Waals surface area contributed by atoms with Crippen molar-refractivity contribution in [1.29, 1.82) is 0 Å². The van der Waals surface area contributed by atoms with Crippen molar-refractivity contribution in [3.63, 3.8) is 0 Å². The third-order valence-electron chi connectivity index (χ3n) is 2.88. The Labute approximate surface area is 114 Å². The zero-order chi connectivity index (χ0) is 14.9. The molecular weight excluding hydrogens is 264 g/mol. The number of carboxylic acid groups (broad SMARTS) is 1. The highest BCUT2D eigenvalue weighted by Crippen LogP contribution is 2.28. The number of aromatic nitrogens is 1. The van der Waals surface area contributed by atoms with Gasteiger partial charge in [0.25, 0.3) is 5.69 Å². The van der Waals surface area contributed by atoms with Gasteiger partial charge in [-0.3, -0.25) is 10.1 Å². The molecule has 0 aliphatic rings. The van der Waals surface area contributed by atoms with E-state index >= 15 is 0 Å². The number of hydrogen-bond acceptors (Lipinski definition) is 5. The van der Waals surface area contributed by atoms with E-state index in [1.54, 1.807) is 13.8 Å². The maximum absolute atomic E-state index is 11.0. The highest BCUT2D eigenvalue weighted by atomic mass is 16.6. The summed E-state index contributed by atoms with van der Waals surface area (Å²) in [5.74, 6) is -1.22. The van der Waals surface area contributed by atoms with Crippen LogP contribution in [0.2, 0.25) is 0 Å². The maximum atomic E-state index is 11.0. The van der Waals surface area contributed by atoms with Crippen LogP contribution in [0, 0.1) is 17.0 Å². The number of nitro groups is 1. The standard InChI is InChI=1S/C13H12N2O5/c1-3-10-11(13(16)17)20-12(14-10)9-5-4-8(15(18)19)6-7(9)2/h4-6H,3H2,1-2H3,(H,16,17). The molecule has 1 aromatic carbocycles. The number of hydrogen-bond donors (Lipinski definition) is 1. The maximum Gasteiger partial charge on any atom is 0.373 e. The van der Waals surface area contributed by atoms with Crippen LogP contribution in [-0.2, 0) is 6.42 Å². The lowest BCUT2D eigenvalue weighted by Crippen LogP contribution is -1.98. The van der Waals surface area contributed by atoms with E-state index < -0.39 is 10.9 Å². The van der Waals surface area contributed by atoms with Crippen molar-refractivity contribution in [3.8, 4) is 11.5 Å². The van der Waals surface area contributed by atoms with Crippen LogP contribution in [-0.4, -0.2) is 21.0 Å². The highest BCUT2D eigenvalue weighted by molar-refractivity contribution is 5.86. The molecule has 0 saturated heterocycles. The Bertz CT molecular complexity index is 690. The Hall–Kier alpha value is -2.70. The van der Waals surface area contributed by atoms with E-state index in [0.29, 0.717) is 23.2 Å². The predicted octanol–water partition coefficient (Wildman–Crippen LogP) is 2.82. The van der Waals surface area contributed by atoms with Gasteiger partial charge in [-0.2, -0.15) is 0 Å². The van der Waals surface area contributed by atoms with E-state index in [1.165, 1.54) is 18.2 Å². The van der Waals surface area contributed by atoms with E-state index in [-0.39, 0.29) is 17.3 Å². The van der Waals surface area contributed by atoms with Gasteiger partial charge >= 0.3 is 5.97 Å². The van der Waals surface area contributed by atoms with E-state index in [4.69, 9.17) is 9.52 Å². The molecule has 0 aliphatic carbocycles. The average Bonchev–Trinajstić information content (AvgIpc) is 2.82. The lowest BCUT2D eigenvalue weighted by molar-refractivity contribution is -0.384. The van der Waals surface area contributed by atoms with Crippen LogP contribution in [0.15, 0.2) is 22.6 Å². The summed E-state index contributed by atoms with van der Waals surface area (Å²) in [6.45, 7) is 3.45. The fourth-order valence-electron chi connectivity index (χ4n) is 1.88. The number of nitrogens with zero attached hydrogens (tertiary/aromatic N) is 2. The Morgan fingerprint density at radius 1 is 1.50 bits per heavy atom. The fraction of sp³-hybridized carbons (Fsp3) is 0.231.